The largest absolute Gasteiger partial charge is 0.427 e. The molecule has 0 aliphatic heterocycles. The monoisotopic (exact) mass is 346 g/mol. The molecule has 3 aromatic carbocycles. The van der Waals surface area contributed by atoms with Crippen molar-refractivity contribution < 1.29 is 14.3 Å². The summed E-state index contributed by atoms with van der Waals surface area (Å²) in [6.45, 7) is 3.25. The van der Waals surface area contributed by atoms with Crippen molar-refractivity contribution in [2.24, 2.45) is 5.10 Å². The van der Waals surface area contributed by atoms with Crippen LogP contribution in [0.25, 0.3) is 10.8 Å². The van der Waals surface area contributed by atoms with Crippen LogP contribution in [0.4, 0.5) is 0 Å². The van der Waals surface area contributed by atoms with Gasteiger partial charge in [0, 0.05) is 6.92 Å². The Morgan fingerprint density at radius 1 is 1.00 bits per heavy atom. The molecular formula is C21H18N2O3. The number of rotatable bonds is 4. The first-order valence-electron chi connectivity index (χ1n) is 8.15. The van der Waals surface area contributed by atoms with Gasteiger partial charge in [-0.3, -0.25) is 9.59 Å². The third-order valence-electron chi connectivity index (χ3n) is 3.89. The van der Waals surface area contributed by atoms with Crippen molar-refractivity contribution in [3.8, 4) is 5.75 Å². The number of ether oxygens (including phenoxy) is 1. The van der Waals surface area contributed by atoms with Crippen LogP contribution in [0.5, 0.6) is 5.75 Å². The van der Waals surface area contributed by atoms with E-state index in [-0.39, 0.29) is 11.9 Å². The highest BCUT2D eigenvalue weighted by molar-refractivity contribution is 6.08. The molecule has 0 fully saturated rings. The molecule has 0 aromatic heterocycles. The minimum Gasteiger partial charge on any atom is -0.427 e. The minimum absolute atomic E-state index is 0.257. The van der Waals surface area contributed by atoms with Crippen LogP contribution >= 0.6 is 0 Å². The van der Waals surface area contributed by atoms with Gasteiger partial charge in [-0.2, -0.15) is 5.10 Å². The van der Waals surface area contributed by atoms with Crippen LogP contribution in [0.2, 0.25) is 0 Å². The van der Waals surface area contributed by atoms with Crippen LogP contribution in [0.1, 0.15) is 28.4 Å². The summed E-state index contributed by atoms with van der Waals surface area (Å²) in [7, 11) is 0. The van der Waals surface area contributed by atoms with E-state index in [4.69, 9.17) is 4.74 Å². The summed E-state index contributed by atoms with van der Waals surface area (Å²) < 4.78 is 4.97. The van der Waals surface area contributed by atoms with Crippen molar-refractivity contribution in [2.75, 3.05) is 0 Å². The molecular weight excluding hydrogens is 328 g/mol. The summed E-state index contributed by atoms with van der Waals surface area (Å²) in [5, 5.41) is 5.93. The average Bonchev–Trinajstić information content (AvgIpc) is 2.62. The molecule has 5 nitrogen and oxygen atoms in total. The third kappa shape index (κ3) is 3.95. The van der Waals surface area contributed by atoms with Crippen LogP contribution < -0.4 is 10.2 Å². The molecule has 0 heterocycles. The molecule has 0 saturated heterocycles. The number of amides is 1. The molecule has 3 aromatic rings. The molecule has 1 N–H and O–H groups in total. The molecule has 26 heavy (non-hydrogen) atoms. The van der Waals surface area contributed by atoms with Gasteiger partial charge in [0.15, 0.2) is 0 Å². The molecule has 0 radical (unpaired) electrons. The van der Waals surface area contributed by atoms with Gasteiger partial charge in [0.25, 0.3) is 5.91 Å². The SMILES string of the molecule is CC(=O)Oc1ccc(/C=N\NC(=O)c2c(C)ccc3ccccc23)cc1. The van der Waals surface area contributed by atoms with Gasteiger partial charge in [0.05, 0.1) is 11.8 Å². The van der Waals surface area contributed by atoms with E-state index in [0.717, 1.165) is 21.9 Å². The van der Waals surface area contributed by atoms with Gasteiger partial charge < -0.3 is 4.74 Å². The first-order chi connectivity index (χ1) is 12.5. The average molecular weight is 346 g/mol. The first-order valence-corrected chi connectivity index (χ1v) is 8.15. The molecule has 0 atom stereocenters. The number of nitrogens with one attached hydrogen (secondary N) is 1. The molecule has 0 aliphatic rings. The van der Waals surface area contributed by atoms with Gasteiger partial charge in [0.1, 0.15) is 5.75 Å². The van der Waals surface area contributed by atoms with Crippen molar-refractivity contribution in [1.29, 1.82) is 0 Å². The third-order valence-corrected chi connectivity index (χ3v) is 3.89. The number of hydrazone groups is 1. The predicted octanol–water partition coefficient (Wildman–Crippen LogP) is 3.84. The number of carbonyl (C=O) groups is 2. The van der Waals surface area contributed by atoms with Crippen LogP contribution in [0, 0.1) is 6.92 Å². The lowest BCUT2D eigenvalue weighted by Crippen LogP contribution is -2.19. The smallest absolute Gasteiger partial charge is 0.308 e. The number of hydrogen-bond acceptors (Lipinski definition) is 4. The number of benzene rings is 3. The number of nitrogens with zero attached hydrogens (tertiary/aromatic N) is 1. The Morgan fingerprint density at radius 3 is 2.46 bits per heavy atom. The highest BCUT2D eigenvalue weighted by Gasteiger charge is 2.12. The molecule has 0 spiro atoms. The van der Waals surface area contributed by atoms with E-state index >= 15 is 0 Å². The van der Waals surface area contributed by atoms with Crippen molar-refractivity contribution in [3.63, 3.8) is 0 Å². The van der Waals surface area contributed by atoms with Gasteiger partial charge in [-0.15, -0.1) is 0 Å². The standard InChI is InChI=1S/C21H18N2O3/c1-14-7-10-17-5-3-4-6-19(17)20(14)21(25)23-22-13-16-8-11-18(12-9-16)26-15(2)24/h3-13H,1-2H3,(H,23,25)/b22-13-. The Balaban J connectivity index is 1.74. The van der Waals surface area contributed by atoms with E-state index in [1.54, 1.807) is 24.3 Å². The maximum atomic E-state index is 12.6. The summed E-state index contributed by atoms with van der Waals surface area (Å²) in [4.78, 5) is 23.5. The second-order valence-electron chi connectivity index (χ2n) is 5.84. The molecule has 130 valence electrons. The molecule has 3 rings (SSSR count). The van der Waals surface area contributed by atoms with E-state index in [1.165, 1.54) is 13.1 Å². The first kappa shape index (κ1) is 17.4. The minimum atomic E-state index is -0.371. The highest BCUT2D eigenvalue weighted by atomic mass is 16.5. The van der Waals surface area contributed by atoms with Crippen LogP contribution in [-0.2, 0) is 4.79 Å². The molecule has 0 saturated carbocycles. The van der Waals surface area contributed by atoms with Gasteiger partial charge in [-0.25, -0.2) is 5.43 Å². The molecule has 0 unspecified atom stereocenters. The predicted molar refractivity (Wildman–Crippen MR) is 101 cm³/mol. The summed E-state index contributed by atoms with van der Waals surface area (Å²) in [6, 6.07) is 18.5. The Hall–Kier alpha value is -3.47. The summed E-state index contributed by atoms with van der Waals surface area (Å²) in [6.07, 6.45) is 1.54. The van der Waals surface area contributed by atoms with E-state index in [2.05, 4.69) is 10.5 Å². The number of aryl methyl sites for hydroxylation is 1. The van der Waals surface area contributed by atoms with Crippen LogP contribution in [0.15, 0.2) is 65.8 Å². The lowest BCUT2D eigenvalue weighted by Gasteiger charge is -2.08. The molecule has 1 amide bonds. The zero-order valence-corrected chi connectivity index (χ0v) is 14.5. The van der Waals surface area contributed by atoms with Gasteiger partial charge in [-0.1, -0.05) is 36.4 Å². The van der Waals surface area contributed by atoms with Crippen molar-refractivity contribution >= 4 is 28.9 Å². The van der Waals surface area contributed by atoms with Crippen molar-refractivity contribution in [2.45, 2.75) is 13.8 Å². The van der Waals surface area contributed by atoms with E-state index < -0.39 is 0 Å². The quantitative estimate of drug-likeness (QED) is 0.338. The highest BCUT2D eigenvalue weighted by Crippen LogP contribution is 2.22. The fourth-order valence-corrected chi connectivity index (χ4v) is 2.69. The summed E-state index contributed by atoms with van der Waals surface area (Å²) >= 11 is 0. The fourth-order valence-electron chi connectivity index (χ4n) is 2.69. The lowest BCUT2D eigenvalue weighted by molar-refractivity contribution is -0.131. The van der Waals surface area contributed by atoms with E-state index in [0.29, 0.717) is 11.3 Å². The lowest BCUT2D eigenvalue weighted by atomic mass is 9.99. The van der Waals surface area contributed by atoms with Crippen molar-refractivity contribution in [1.82, 2.24) is 5.43 Å². The maximum Gasteiger partial charge on any atom is 0.308 e. The Morgan fingerprint density at radius 2 is 1.73 bits per heavy atom. The molecule has 5 heteroatoms. The topological polar surface area (TPSA) is 67.8 Å². The second kappa shape index (κ2) is 7.61. The molecule has 0 aliphatic carbocycles. The zero-order chi connectivity index (χ0) is 18.5. The fraction of sp³-hybridized carbons (Fsp3) is 0.0952. The van der Waals surface area contributed by atoms with E-state index in [9.17, 15) is 9.59 Å². The Labute approximate surface area is 151 Å². The Kier molecular flexibility index (Phi) is 5.08. The zero-order valence-electron chi connectivity index (χ0n) is 14.5. The van der Waals surface area contributed by atoms with Crippen LogP contribution in [-0.4, -0.2) is 18.1 Å². The second-order valence-corrected chi connectivity index (χ2v) is 5.84. The van der Waals surface area contributed by atoms with Gasteiger partial charge in [0.2, 0.25) is 0 Å². The van der Waals surface area contributed by atoms with E-state index in [1.807, 2.05) is 43.3 Å². The summed E-state index contributed by atoms with van der Waals surface area (Å²) in [5.41, 5.74) is 4.85. The number of carbonyl (C=O) groups excluding carboxylic acids is 2. The van der Waals surface area contributed by atoms with Gasteiger partial charge >= 0.3 is 5.97 Å². The number of fused-ring (bicyclic) bond motifs is 1. The molecule has 0 bridgehead atoms. The maximum absolute atomic E-state index is 12.6. The Bertz CT molecular complexity index is 992. The summed E-state index contributed by atoms with van der Waals surface area (Å²) in [5.74, 6) is -0.165. The van der Waals surface area contributed by atoms with Crippen molar-refractivity contribution in [3.05, 3.63) is 77.4 Å². The number of hydrogen-bond donors (Lipinski definition) is 1. The van der Waals surface area contributed by atoms with Gasteiger partial charge in [-0.05, 0) is 53.1 Å². The van der Waals surface area contributed by atoms with Crippen LogP contribution in [0.3, 0.4) is 0 Å². The normalized spacial score (nSPS) is 10.8. The number of esters is 1.